The summed E-state index contributed by atoms with van der Waals surface area (Å²) in [5, 5.41) is 3.37. The van der Waals surface area contributed by atoms with Gasteiger partial charge in [0, 0.05) is 24.5 Å². The van der Waals surface area contributed by atoms with Gasteiger partial charge in [0.15, 0.2) is 0 Å². The maximum absolute atomic E-state index is 5.93. The Bertz CT molecular complexity index is 339. The molecule has 1 aromatic carbocycles. The molecular weight excluding hydrogens is 224 g/mol. The second kappa shape index (κ2) is 8.81. The molecule has 0 saturated carbocycles. The van der Waals surface area contributed by atoms with E-state index in [1.54, 1.807) is 0 Å². The molecule has 0 aliphatic carbocycles. The molecule has 0 aliphatic rings. The maximum atomic E-state index is 5.93. The molecule has 0 aromatic heterocycles. The summed E-state index contributed by atoms with van der Waals surface area (Å²) < 4.78 is 5.51. The van der Waals surface area contributed by atoms with Crippen LogP contribution in [0.4, 0.5) is 11.4 Å². The number of rotatable bonds is 9. The molecule has 0 aliphatic heterocycles. The minimum atomic E-state index is 0.757. The number of nitrogen functional groups attached to an aromatic ring is 1. The van der Waals surface area contributed by atoms with Crippen molar-refractivity contribution in [2.75, 3.05) is 30.8 Å². The molecule has 3 nitrogen and oxygen atoms in total. The highest BCUT2D eigenvalue weighted by Gasteiger charge is 2.00. The Morgan fingerprint density at radius 1 is 1.17 bits per heavy atom. The minimum Gasteiger partial charge on any atom is -0.399 e. The van der Waals surface area contributed by atoms with Crippen LogP contribution in [0.15, 0.2) is 18.2 Å². The number of benzene rings is 1. The zero-order valence-corrected chi connectivity index (χ0v) is 11.7. The Balaban J connectivity index is 2.31. The lowest BCUT2D eigenvalue weighted by Crippen LogP contribution is -2.10. The van der Waals surface area contributed by atoms with E-state index in [9.17, 15) is 0 Å². The number of hydrogen-bond donors (Lipinski definition) is 2. The fourth-order valence-electron chi connectivity index (χ4n) is 1.82. The third kappa shape index (κ3) is 5.41. The lowest BCUT2D eigenvalue weighted by Gasteiger charge is -2.10. The average molecular weight is 250 g/mol. The molecule has 3 heteroatoms. The Hall–Kier alpha value is -1.22. The van der Waals surface area contributed by atoms with Gasteiger partial charge < -0.3 is 15.8 Å². The molecule has 102 valence electrons. The molecule has 0 amide bonds. The average Bonchev–Trinajstić information content (AvgIpc) is 2.37. The van der Waals surface area contributed by atoms with Crippen molar-refractivity contribution in [3.05, 3.63) is 23.8 Å². The van der Waals surface area contributed by atoms with E-state index in [1.165, 1.54) is 12.0 Å². The summed E-state index contributed by atoms with van der Waals surface area (Å²) in [5.41, 5.74) is 9.19. The smallest absolute Gasteiger partial charge is 0.0639 e. The molecule has 0 heterocycles. The lowest BCUT2D eigenvalue weighted by molar-refractivity contribution is 0.141. The monoisotopic (exact) mass is 250 g/mol. The van der Waals surface area contributed by atoms with Crippen molar-refractivity contribution in [2.24, 2.45) is 0 Å². The van der Waals surface area contributed by atoms with E-state index in [-0.39, 0.29) is 0 Å². The van der Waals surface area contributed by atoms with Crippen LogP contribution >= 0.6 is 0 Å². The largest absolute Gasteiger partial charge is 0.399 e. The summed E-state index contributed by atoms with van der Waals surface area (Å²) in [6.07, 6.45) is 4.48. The van der Waals surface area contributed by atoms with Crippen LogP contribution in [-0.4, -0.2) is 19.8 Å². The Kier molecular flexibility index (Phi) is 7.26. The van der Waals surface area contributed by atoms with Crippen molar-refractivity contribution in [1.82, 2.24) is 0 Å². The normalized spacial score (nSPS) is 10.6. The molecule has 0 unspecified atom stereocenters. The summed E-state index contributed by atoms with van der Waals surface area (Å²) in [6.45, 7) is 6.81. The summed E-state index contributed by atoms with van der Waals surface area (Å²) in [6, 6.07) is 6.15. The van der Waals surface area contributed by atoms with Crippen LogP contribution in [0, 0.1) is 0 Å². The number of hydrogen-bond acceptors (Lipinski definition) is 3. The molecule has 0 radical (unpaired) electrons. The second-order valence-corrected chi connectivity index (χ2v) is 4.56. The standard InChI is InChI=1S/C15H26N2O/c1-3-5-10-18-11-9-17-14-7-8-15(16)13(12-14)6-4-2/h7-8,12,17H,3-6,9-11,16H2,1-2H3. The lowest BCUT2D eigenvalue weighted by atomic mass is 10.1. The Morgan fingerprint density at radius 3 is 2.72 bits per heavy atom. The number of unbranched alkanes of at least 4 members (excludes halogenated alkanes) is 1. The van der Waals surface area contributed by atoms with Crippen LogP contribution in [-0.2, 0) is 11.2 Å². The highest BCUT2D eigenvalue weighted by Crippen LogP contribution is 2.19. The molecule has 0 spiro atoms. The van der Waals surface area contributed by atoms with Crippen LogP contribution in [0.2, 0.25) is 0 Å². The number of anilines is 2. The van der Waals surface area contributed by atoms with E-state index >= 15 is 0 Å². The molecule has 0 atom stereocenters. The SMILES string of the molecule is CCCCOCCNc1ccc(N)c(CCC)c1. The predicted molar refractivity (Wildman–Crippen MR) is 79.1 cm³/mol. The van der Waals surface area contributed by atoms with Gasteiger partial charge in [0.2, 0.25) is 0 Å². The van der Waals surface area contributed by atoms with E-state index in [2.05, 4.69) is 25.2 Å². The van der Waals surface area contributed by atoms with Gasteiger partial charge in [-0.1, -0.05) is 26.7 Å². The van der Waals surface area contributed by atoms with Gasteiger partial charge in [-0.25, -0.2) is 0 Å². The molecule has 0 bridgehead atoms. The first-order chi connectivity index (χ1) is 8.77. The van der Waals surface area contributed by atoms with Crippen molar-refractivity contribution in [3.63, 3.8) is 0 Å². The number of aryl methyl sites for hydroxylation is 1. The quantitative estimate of drug-likeness (QED) is 0.521. The third-order valence-corrected chi connectivity index (χ3v) is 2.88. The zero-order valence-electron chi connectivity index (χ0n) is 11.7. The maximum Gasteiger partial charge on any atom is 0.0639 e. The van der Waals surface area contributed by atoms with Crippen molar-refractivity contribution in [1.29, 1.82) is 0 Å². The van der Waals surface area contributed by atoms with Gasteiger partial charge in [0.25, 0.3) is 0 Å². The minimum absolute atomic E-state index is 0.757. The van der Waals surface area contributed by atoms with Crippen LogP contribution in [0.3, 0.4) is 0 Å². The fourth-order valence-corrected chi connectivity index (χ4v) is 1.82. The number of ether oxygens (including phenoxy) is 1. The number of nitrogens with one attached hydrogen (secondary N) is 1. The fraction of sp³-hybridized carbons (Fsp3) is 0.600. The van der Waals surface area contributed by atoms with E-state index in [4.69, 9.17) is 10.5 Å². The molecule has 0 saturated heterocycles. The first-order valence-corrected chi connectivity index (χ1v) is 6.98. The summed E-state index contributed by atoms with van der Waals surface area (Å²) in [4.78, 5) is 0. The van der Waals surface area contributed by atoms with Gasteiger partial charge in [0.05, 0.1) is 6.61 Å². The van der Waals surface area contributed by atoms with Gasteiger partial charge in [-0.2, -0.15) is 0 Å². The van der Waals surface area contributed by atoms with Crippen molar-refractivity contribution in [2.45, 2.75) is 39.5 Å². The van der Waals surface area contributed by atoms with Crippen LogP contribution < -0.4 is 11.1 Å². The topological polar surface area (TPSA) is 47.3 Å². The van der Waals surface area contributed by atoms with Gasteiger partial charge in [-0.3, -0.25) is 0 Å². The zero-order chi connectivity index (χ0) is 13.2. The Labute approximate surface area is 111 Å². The molecule has 18 heavy (non-hydrogen) atoms. The van der Waals surface area contributed by atoms with Gasteiger partial charge >= 0.3 is 0 Å². The van der Waals surface area contributed by atoms with Crippen LogP contribution in [0.1, 0.15) is 38.7 Å². The van der Waals surface area contributed by atoms with E-state index in [1.807, 2.05) is 12.1 Å². The van der Waals surface area contributed by atoms with Crippen molar-refractivity contribution in [3.8, 4) is 0 Å². The summed E-state index contributed by atoms with van der Waals surface area (Å²) in [7, 11) is 0. The summed E-state index contributed by atoms with van der Waals surface area (Å²) in [5.74, 6) is 0. The van der Waals surface area contributed by atoms with Crippen LogP contribution in [0.25, 0.3) is 0 Å². The predicted octanol–water partition coefficient (Wildman–Crippen LogP) is 3.45. The first kappa shape index (κ1) is 14.8. The molecule has 3 N–H and O–H groups in total. The van der Waals surface area contributed by atoms with Crippen molar-refractivity contribution < 1.29 is 4.74 Å². The van der Waals surface area contributed by atoms with E-state index in [0.29, 0.717) is 0 Å². The van der Waals surface area contributed by atoms with Gasteiger partial charge in [-0.15, -0.1) is 0 Å². The molecule has 1 aromatic rings. The van der Waals surface area contributed by atoms with Gasteiger partial charge in [0.1, 0.15) is 0 Å². The highest BCUT2D eigenvalue weighted by atomic mass is 16.5. The van der Waals surface area contributed by atoms with Gasteiger partial charge in [-0.05, 0) is 36.6 Å². The van der Waals surface area contributed by atoms with Crippen LogP contribution in [0.5, 0.6) is 0 Å². The highest BCUT2D eigenvalue weighted by molar-refractivity contribution is 5.57. The first-order valence-electron chi connectivity index (χ1n) is 6.98. The van der Waals surface area contributed by atoms with E-state index < -0.39 is 0 Å². The summed E-state index contributed by atoms with van der Waals surface area (Å²) >= 11 is 0. The van der Waals surface area contributed by atoms with E-state index in [0.717, 1.165) is 50.4 Å². The molecule has 1 rings (SSSR count). The second-order valence-electron chi connectivity index (χ2n) is 4.56. The third-order valence-electron chi connectivity index (χ3n) is 2.88. The molecular formula is C15H26N2O. The Morgan fingerprint density at radius 2 is 2.00 bits per heavy atom. The number of nitrogens with two attached hydrogens (primary N) is 1. The molecule has 0 fully saturated rings. The van der Waals surface area contributed by atoms with Crippen molar-refractivity contribution >= 4 is 11.4 Å².